The molecular weight excluding hydrogens is 448 g/mol. The van der Waals surface area contributed by atoms with E-state index in [2.05, 4.69) is 20.5 Å². The summed E-state index contributed by atoms with van der Waals surface area (Å²) in [4.78, 5) is 17.1. The van der Waals surface area contributed by atoms with Crippen molar-refractivity contribution in [2.24, 2.45) is 0 Å². The van der Waals surface area contributed by atoms with Crippen molar-refractivity contribution in [2.75, 3.05) is 5.32 Å². The number of carbonyl (C=O) groups excluding carboxylic acids is 1. The highest BCUT2D eigenvalue weighted by atomic mass is 32.1. The van der Waals surface area contributed by atoms with Crippen LogP contribution >= 0.6 is 11.3 Å². The fourth-order valence-corrected chi connectivity index (χ4v) is 3.89. The monoisotopic (exact) mass is 468 g/mol. The Balaban J connectivity index is 1.28. The molecule has 5 rings (SSSR count). The van der Waals surface area contributed by atoms with Gasteiger partial charge < -0.3 is 14.5 Å². The fraction of sp³-hybridized carbons (Fsp3) is 0.0769. The number of rotatable bonds is 7. The van der Waals surface area contributed by atoms with E-state index in [1.807, 2.05) is 54.8 Å². The van der Waals surface area contributed by atoms with Crippen LogP contribution in [0.1, 0.15) is 21.6 Å². The SMILES string of the molecule is Cc1cccc(-c2nnc(-c3ccc(C(=O)Nc4ccccc4OCc4cscn4)cc3)o2)c1. The Morgan fingerprint density at radius 3 is 2.53 bits per heavy atom. The van der Waals surface area contributed by atoms with Gasteiger partial charge in [-0.3, -0.25) is 4.79 Å². The van der Waals surface area contributed by atoms with E-state index in [1.165, 1.54) is 11.3 Å². The molecule has 2 heterocycles. The standard InChI is InChI=1S/C26H20N4O3S/c1-17-5-4-6-20(13-17)26-30-29-25(33-26)19-11-9-18(10-12-19)24(31)28-22-7-2-3-8-23(22)32-14-21-15-34-16-27-21/h2-13,15-16H,14H2,1H3,(H,28,31). The Bertz CT molecular complexity index is 1410. The number of aryl methyl sites for hydroxylation is 1. The minimum atomic E-state index is -0.248. The van der Waals surface area contributed by atoms with Gasteiger partial charge in [0.25, 0.3) is 5.91 Å². The molecular formula is C26H20N4O3S. The molecule has 1 N–H and O–H groups in total. The molecule has 0 radical (unpaired) electrons. The maximum Gasteiger partial charge on any atom is 0.255 e. The maximum absolute atomic E-state index is 12.8. The van der Waals surface area contributed by atoms with Crippen LogP contribution in [-0.4, -0.2) is 21.1 Å². The fourth-order valence-electron chi connectivity index (χ4n) is 3.35. The molecule has 0 bridgehead atoms. The van der Waals surface area contributed by atoms with Gasteiger partial charge >= 0.3 is 0 Å². The summed E-state index contributed by atoms with van der Waals surface area (Å²) in [7, 11) is 0. The average Bonchev–Trinajstić information content (AvgIpc) is 3.56. The molecule has 8 heteroatoms. The van der Waals surface area contributed by atoms with Crippen molar-refractivity contribution in [3.05, 3.63) is 101 Å². The Morgan fingerprint density at radius 2 is 1.76 bits per heavy atom. The third kappa shape index (κ3) is 4.87. The van der Waals surface area contributed by atoms with Gasteiger partial charge in [0, 0.05) is 22.1 Å². The smallest absolute Gasteiger partial charge is 0.255 e. The first-order chi connectivity index (χ1) is 16.7. The zero-order valence-electron chi connectivity index (χ0n) is 18.3. The summed E-state index contributed by atoms with van der Waals surface area (Å²) >= 11 is 1.51. The third-order valence-electron chi connectivity index (χ3n) is 5.08. The second-order valence-electron chi connectivity index (χ2n) is 7.58. The number of thiazole rings is 1. The van der Waals surface area contributed by atoms with Gasteiger partial charge in [0.15, 0.2) is 0 Å². The molecule has 0 atom stereocenters. The van der Waals surface area contributed by atoms with Crippen LogP contribution in [-0.2, 0) is 6.61 Å². The molecule has 0 unspecified atom stereocenters. The van der Waals surface area contributed by atoms with E-state index in [4.69, 9.17) is 9.15 Å². The van der Waals surface area contributed by atoms with Gasteiger partial charge in [0.2, 0.25) is 11.8 Å². The summed E-state index contributed by atoms with van der Waals surface area (Å²) in [5, 5.41) is 13.1. The number of hydrogen-bond donors (Lipinski definition) is 1. The summed E-state index contributed by atoms with van der Waals surface area (Å²) in [6.45, 7) is 2.34. The predicted molar refractivity (Wildman–Crippen MR) is 131 cm³/mol. The molecule has 3 aromatic carbocycles. The van der Waals surface area contributed by atoms with Crippen LogP contribution in [0.3, 0.4) is 0 Å². The van der Waals surface area contributed by atoms with E-state index in [1.54, 1.807) is 35.8 Å². The number of benzene rings is 3. The predicted octanol–water partition coefficient (Wildman–Crippen LogP) is 6.00. The first-order valence-corrected chi connectivity index (χ1v) is 11.5. The van der Waals surface area contributed by atoms with Crippen molar-refractivity contribution >= 4 is 22.9 Å². The molecule has 0 saturated heterocycles. The first-order valence-electron chi connectivity index (χ1n) is 10.6. The first kappa shape index (κ1) is 21.5. The van der Waals surface area contributed by atoms with Crippen LogP contribution < -0.4 is 10.1 Å². The molecule has 0 aliphatic heterocycles. The Hall–Kier alpha value is -4.30. The molecule has 168 valence electrons. The minimum absolute atomic E-state index is 0.248. The Morgan fingerprint density at radius 1 is 0.971 bits per heavy atom. The summed E-state index contributed by atoms with van der Waals surface area (Å²) in [5.41, 5.74) is 6.40. The highest BCUT2D eigenvalue weighted by molar-refractivity contribution is 7.07. The molecule has 2 aromatic heterocycles. The number of nitrogens with one attached hydrogen (secondary N) is 1. The molecule has 34 heavy (non-hydrogen) atoms. The van der Waals surface area contributed by atoms with E-state index >= 15 is 0 Å². The largest absolute Gasteiger partial charge is 0.485 e. The van der Waals surface area contributed by atoms with Crippen molar-refractivity contribution in [1.82, 2.24) is 15.2 Å². The molecule has 0 fully saturated rings. The maximum atomic E-state index is 12.8. The topological polar surface area (TPSA) is 90.1 Å². The number of carbonyl (C=O) groups is 1. The number of para-hydroxylation sites is 2. The lowest BCUT2D eigenvalue weighted by atomic mass is 10.1. The summed E-state index contributed by atoms with van der Waals surface area (Å²) in [5.74, 6) is 1.18. The lowest BCUT2D eigenvalue weighted by Gasteiger charge is -2.12. The summed E-state index contributed by atoms with van der Waals surface area (Å²) < 4.78 is 11.7. The van der Waals surface area contributed by atoms with Crippen LogP contribution in [0, 0.1) is 6.92 Å². The molecule has 0 spiro atoms. The number of ether oxygens (including phenoxy) is 1. The number of anilines is 1. The second-order valence-corrected chi connectivity index (χ2v) is 8.30. The average molecular weight is 469 g/mol. The van der Waals surface area contributed by atoms with Crippen molar-refractivity contribution < 1.29 is 13.9 Å². The van der Waals surface area contributed by atoms with Gasteiger partial charge in [-0.2, -0.15) is 0 Å². The van der Waals surface area contributed by atoms with Crippen LogP contribution in [0.5, 0.6) is 5.75 Å². The van der Waals surface area contributed by atoms with Gasteiger partial charge in [-0.05, 0) is 55.5 Å². The molecule has 5 aromatic rings. The lowest BCUT2D eigenvalue weighted by Crippen LogP contribution is -2.12. The summed E-state index contributed by atoms with van der Waals surface area (Å²) in [6.07, 6.45) is 0. The highest BCUT2D eigenvalue weighted by Gasteiger charge is 2.13. The van der Waals surface area contributed by atoms with E-state index < -0.39 is 0 Å². The molecule has 0 aliphatic carbocycles. The van der Waals surface area contributed by atoms with Crippen molar-refractivity contribution in [3.63, 3.8) is 0 Å². The van der Waals surface area contributed by atoms with Crippen LogP contribution in [0.2, 0.25) is 0 Å². The van der Waals surface area contributed by atoms with Gasteiger partial charge in [-0.1, -0.05) is 29.8 Å². The van der Waals surface area contributed by atoms with Gasteiger partial charge in [-0.15, -0.1) is 21.5 Å². The Labute approximate surface area is 200 Å². The quantitative estimate of drug-likeness (QED) is 0.315. The molecule has 0 saturated carbocycles. The van der Waals surface area contributed by atoms with Crippen molar-refractivity contribution in [2.45, 2.75) is 13.5 Å². The third-order valence-corrected chi connectivity index (χ3v) is 5.71. The zero-order chi connectivity index (χ0) is 23.3. The number of amides is 1. The molecule has 7 nitrogen and oxygen atoms in total. The Kier molecular flexibility index (Phi) is 6.13. The van der Waals surface area contributed by atoms with Crippen LogP contribution in [0.15, 0.2) is 88.1 Å². The van der Waals surface area contributed by atoms with E-state index in [9.17, 15) is 4.79 Å². The highest BCUT2D eigenvalue weighted by Crippen LogP contribution is 2.27. The van der Waals surface area contributed by atoms with E-state index in [0.29, 0.717) is 35.4 Å². The van der Waals surface area contributed by atoms with Crippen molar-refractivity contribution in [3.8, 4) is 28.7 Å². The van der Waals surface area contributed by atoms with Crippen molar-refractivity contribution in [1.29, 1.82) is 0 Å². The zero-order valence-corrected chi connectivity index (χ0v) is 19.1. The molecule has 0 aliphatic rings. The minimum Gasteiger partial charge on any atom is -0.485 e. The van der Waals surface area contributed by atoms with Gasteiger partial charge in [0.1, 0.15) is 12.4 Å². The number of nitrogens with zero attached hydrogens (tertiary/aromatic N) is 3. The van der Waals surface area contributed by atoms with Gasteiger partial charge in [0.05, 0.1) is 16.9 Å². The van der Waals surface area contributed by atoms with E-state index in [-0.39, 0.29) is 5.91 Å². The number of aromatic nitrogens is 3. The number of hydrogen-bond acceptors (Lipinski definition) is 7. The van der Waals surface area contributed by atoms with E-state index in [0.717, 1.165) is 22.4 Å². The normalized spacial score (nSPS) is 10.7. The van der Waals surface area contributed by atoms with Gasteiger partial charge in [-0.25, -0.2) is 4.98 Å². The van der Waals surface area contributed by atoms with Crippen LogP contribution in [0.25, 0.3) is 22.9 Å². The second kappa shape index (κ2) is 9.68. The van der Waals surface area contributed by atoms with Crippen LogP contribution in [0.4, 0.5) is 5.69 Å². The lowest BCUT2D eigenvalue weighted by molar-refractivity contribution is 0.102. The molecule has 1 amide bonds. The summed E-state index contributed by atoms with van der Waals surface area (Å²) in [6, 6.07) is 22.2.